The Kier molecular flexibility index (Phi) is 3.96. The van der Waals surface area contributed by atoms with Crippen molar-refractivity contribution in [1.29, 1.82) is 0 Å². The van der Waals surface area contributed by atoms with E-state index in [1.54, 1.807) is 24.3 Å². The summed E-state index contributed by atoms with van der Waals surface area (Å²) in [6.45, 7) is 3.76. The van der Waals surface area contributed by atoms with Crippen LogP contribution in [0.1, 0.15) is 16.3 Å². The highest BCUT2D eigenvalue weighted by Gasteiger charge is 2.11. The Hall–Kier alpha value is -1.73. The maximum absolute atomic E-state index is 11.9. The highest BCUT2D eigenvalue weighted by molar-refractivity contribution is 7.89. The first-order valence-corrected chi connectivity index (χ1v) is 7.87. The Morgan fingerprint density at radius 3 is 2.53 bits per heavy atom. The maximum Gasteiger partial charge on any atom is 0.276 e. The standard InChI is InChI=1S/C12H13N3O2S2/c1-9-3-5-11(6-4-9)19(16,17)15-13-7-12-14-10(2)8-18-12/h3-8,15H,1-2H3/b13-7+. The van der Waals surface area contributed by atoms with Gasteiger partial charge in [-0.3, -0.25) is 0 Å². The van der Waals surface area contributed by atoms with Crippen LogP contribution >= 0.6 is 11.3 Å². The van der Waals surface area contributed by atoms with E-state index in [1.807, 2.05) is 19.2 Å². The lowest BCUT2D eigenvalue weighted by molar-refractivity contribution is 0.584. The van der Waals surface area contributed by atoms with Crippen molar-refractivity contribution in [3.63, 3.8) is 0 Å². The summed E-state index contributed by atoms with van der Waals surface area (Å²) in [5.74, 6) is 0. The molecule has 1 N–H and O–H groups in total. The zero-order chi connectivity index (χ0) is 13.9. The van der Waals surface area contributed by atoms with Crippen LogP contribution in [-0.2, 0) is 10.0 Å². The topological polar surface area (TPSA) is 71.4 Å². The number of sulfonamides is 1. The van der Waals surface area contributed by atoms with Crippen LogP contribution in [0.5, 0.6) is 0 Å². The van der Waals surface area contributed by atoms with Gasteiger partial charge in [-0.25, -0.2) is 4.98 Å². The highest BCUT2D eigenvalue weighted by Crippen LogP contribution is 2.10. The van der Waals surface area contributed by atoms with E-state index in [0.717, 1.165) is 11.3 Å². The van der Waals surface area contributed by atoms with Gasteiger partial charge in [0.1, 0.15) is 5.01 Å². The average molecular weight is 295 g/mol. The normalized spacial score (nSPS) is 11.9. The van der Waals surface area contributed by atoms with E-state index in [4.69, 9.17) is 0 Å². The van der Waals surface area contributed by atoms with E-state index in [2.05, 4.69) is 14.9 Å². The van der Waals surface area contributed by atoms with Gasteiger partial charge in [-0.15, -0.1) is 11.3 Å². The number of nitrogens with one attached hydrogen (secondary N) is 1. The Bertz CT molecular complexity index is 688. The minimum absolute atomic E-state index is 0.186. The highest BCUT2D eigenvalue weighted by atomic mass is 32.2. The fraction of sp³-hybridized carbons (Fsp3) is 0.167. The second kappa shape index (κ2) is 5.50. The third-order valence-corrected chi connectivity index (χ3v) is 4.45. The lowest BCUT2D eigenvalue weighted by Gasteiger charge is -2.02. The molecular weight excluding hydrogens is 282 g/mol. The third kappa shape index (κ3) is 3.62. The van der Waals surface area contributed by atoms with Crippen LogP contribution in [-0.4, -0.2) is 19.6 Å². The lowest BCUT2D eigenvalue weighted by atomic mass is 10.2. The van der Waals surface area contributed by atoms with Gasteiger partial charge in [0.05, 0.1) is 11.1 Å². The van der Waals surface area contributed by atoms with Gasteiger partial charge < -0.3 is 0 Å². The van der Waals surface area contributed by atoms with Gasteiger partial charge in [0.15, 0.2) is 0 Å². The largest absolute Gasteiger partial charge is 0.276 e. The van der Waals surface area contributed by atoms with Gasteiger partial charge in [-0.05, 0) is 26.0 Å². The van der Waals surface area contributed by atoms with Crippen LogP contribution in [0.3, 0.4) is 0 Å². The van der Waals surface area contributed by atoms with Crippen molar-refractivity contribution in [2.45, 2.75) is 18.7 Å². The van der Waals surface area contributed by atoms with Crippen molar-refractivity contribution in [3.8, 4) is 0 Å². The van der Waals surface area contributed by atoms with Crippen LogP contribution in [0.4, 0.5) is 0 Å². The quantitative estimate of drug-likeness (QED) is 0.693. The molecule has 19 heavy (non-hydrogen) atoms. The predicted molar refractivity (Wildman–Crippen MR) is 75.9 cm³/mol. The van der Waals surface area contributed by atoms with Gasteiger partial charge >= 0.3 is 0 Å². The first kappa shape index (κ1) is 13.7. The summed E-state index contributed by atoms with van der Waals surface area (Å²) in [6.07, 6.45) is 1.39. The zero-order valence-corrected chi connectivity index (χ0v) is 12.1. The zero-order valence-electron chi connectivity index (χ0n) is 10.5. The van der Waals surface area contributed by atoms with Crippen molar-refractivity contribution in [3.05, 3.63) is 45.9 Å². The molecule has 0 unspecified atom stereocenters. The van der Waals surface area contributed by atoms with E-state index in [1.165, 1.54) is 17.6 Å². The summed E-state index contributed by atoms with van der Waals surface area (Å²) >= 11 is 1.40. The molecule has 0 amide bonds. The van der Waals surface area contributed by atoms with Gasteiger partial charge in [-0.1, -0.05) is 17.7 Å². The number of rotatable bonds is 4. The Balaban J connectivity index is 2.09. The monoisotopic (exact) mass is 295 g/mol. The number of hydrogen-bond donors (Lipinski definition) is 1. The molecule has 0 atom stereocenters. The molecule has 2 aromatic rings. The molecular formula is C12H13N3O2S2. The molecule has 0 aliphatic carbocycles. The summed E-state index contributed by atoms with van der Waals surface area (Å²) < 4.78 is 23.8. The van der Waals surface area contributed by atoms with Crippen molar-refractivity contribution >= 4 is 27.6 Å². The van der Waals surface area contributed by atoms with Gasteiger partial charge in [0.25, 0.3) is 10.0 Å². The molecule has 1 aromatic carbocycles. The van der Waals surface area contributed by atoms with Crippen molar-refractivity contribution in [1.82, 2.24) is 9.82 Å². The number of thiazole rings is 1. The number of hydrazone groups is 1. The fourth-order valence-corrected chi connectivity index (χ4v) is 2.80. The van der Waals surface area contributed by atoms with E-state index in [0.29, 0.717) is 5.01 Å². The van der Waals surface area contributed by atoms with Crippen molar-refractivity contribution in [2.75, 3.05) is 0 Å². The van der Waals surface area contributed by atoms with Crippen LogP contribution in [0.15, 0.2) is 39.6 Å². The van der Waals surface area contributed by atoms with Gasteiger partial charge in [0.2, 0.25) is 0 Å². The molecule has 0 aliphatic rings. The molecule has 0 radical (unpaired) electrons. The van der Waals surface area contributed by atoms with E-state index in [9.17, 15) is 8.42 Å². The number of aromatic nitrogens is 1. The van der Waals surface area contributed by atoms with Crippen LogP contribution < -0.4 is 4.83 Å². The summed E-state index contributed by atoms with van der Waals surface area (Å²) in [6, 6.07) is 6.56. The molecule has 0 spiro atoms. The second-order valence-corrected chi connectivity index (χ2v) is 6.54. The molecule has 1 aromatic heterocycles. The Morgan fingerprint density at radius 2 is 1.95 bits per heavy atom. The number of benzene rings is 1. The molecule has 100 valence electrons. The maximum atomic E-state index is 11.9. The van der Waals surface area contributed by atoms with Gasteiger partial charge in [-0.2, -0.15) is 18.4 Å². The number of nitrogens with zero attached hydrogens (tertiary/aromatic N) is 2. The molecule has 1 heterocycles. The molecule has 0 saturated carbocycles. The van der Waals surface area contributed by atoms with E-state index >= 15 is 0 Å². The summed E-state index contributed by atoms with van der Waals surface area (Å²) in [5.41, 5.74) is 1.88. The minimum Gasteiger partial charge on any atom is -0.240 e. The summed E-state index contributed by atoms with van der Waals surface area (Å²) in [4.78, 5) is 6.50. The molecule has 0 bridgehead atoms. The van der Waals surface area contributed by atoms with E-state index < -0.39 is 10.0 Å². The smallest absolute Gasteiger partial charge is 0.240 e. The van der Waals surface area contributed by atoms with Crippen molar-refractivity contribution in [2.24, 2.45) is 5.10 Å². The van der Waals surface area contributed by atoms with E-state index in [-0.39, 0.29) is 4.90 Å². The second-order valence-electron chi connectivity index (χ2n) is 3.99. The van der Waals surface area contributed by atoms with Gasteiger partial charge in [0, 0.05) is 11.1 Å². The SMILES string of the molecule is Cc1ccc(S(=O)(=O)N/N=C/c2nc(C)cs2)cc1. The number of aryl methyl sites for hydroxylation is 2. The van der Waals surface area contributed by atoms with Crippen LogP contribution in [0, 0.1) is 13.8 Å². The Morgan fingerprint density at radius 1 is 1.26 bits per heavy atom. The molecule has 5 nitrogen and oxygen atoms in total. The van der Waals surface area contributed by atoms with Crippen LogP contribution in [0.25, 0.3) is 0 Å². The number of hydrogen-bond acceptors (Lipinski definition) is 5. The molecule has 2 rings (SSSR count). The summed E-state index contributed by atoms with van der Waals surface area (Å²) in [7, 11) is -3.61. The predicted octanol–water partition coefficient (Wildman–Crippen LogP) is 2.07. The Labute approximate surface area is 116 Å². The van der Waals surface area contributed by atoms with Crippen LogP contribution in [0.2, 0.25) is 0 Å². The molecule has 0 aliphatic heterocycles. The molecule has 0 fully saturated rings. The summed E-state index contributed by atoms with van der Waals surface area (Å²) in [5, 5.41) is 6.24. The third-order valence-electron chi connectivity index (χ3n) is 2.32. The first-order valence-electron chi connectivity index (χ1n) is 5.51. The molecule has 0 saturated heterocycles. The fourth-order valence-electron chi connectivity index (χ4n) is 1.35. The first-order chi connectivity index (χ1) is 8.97. The lowest BCUT2D eigenvalue weighted by Crippen LogP contribution is -2.18. The molecule has 7 heteroatoms. The van der Waals surface area contributed by atoms with Crippen molar-refractivity contribution < 1.29 is 8.42 Å². The minimum atomic E-state index is -3.61. The average Bonchev–Trinajstić information content (AvgIpc) is 2.75.